The third-order valence-corrected chi connectivity index (χ3v) is 4.98. The van der Waals surface area contributed by atoms with Gasteiger partial charge in [-0.25, -0.2) is 9.97 Å². The molecular weight excluding hydrogens is 332 g/mol. The van der Waals surface area contributed by atoms with Crippen LogP contribution in [0.4, 0.5) is 5.82 Å². The topological polar surface area (TPSA) is 51.1 Å². The highest BCUT2D eigenvalue weighted by molar-refractivity contribution is 7.07. The number of anilines is 1. The van der Waals surface area contributed by atoms with Crippen LogP contribution in [0, 0.1) is 6.92 Å². The Morgan fingerprint density at radius 3 is 2.76 bits per heavy atom. The molecule has 1 aliphatic rings. The standard InChI is InChI=1S/C19H20N4OS/c1-13-9-18(22-19(21-13)15-3-6-20-7-4-15)23-10-14(2)24-17(11-23)16-5-8-25-12-16/h3-9,12,14,17H,10-11H2,1-2H3/t14-,17-/m1/s1. The summed E-state index contributed by atoms with van der Waals surface area (Å²) in [5, 5.41) is 4.26. The van der Waals surface area contributed by atoms with E-state index in [1.54, 1.807) is 23.7 Å². The van der Waals surface area contributed by atoms with Gasteiger partial charge >= 0.3 is 0 Å². The van der Waals surface area contributed by atoms with Crippen molar-refractivity contribution in [2.24, 2.45) is 0 Å². The first-order chi connectivity index (χ1) is 12.2. The SMILES string of the molecule is Cc1cc(N2C[C@@H](C)O[C@@H](c3ccsc3)C2)nc(-c2ccncc2)n1. The molecule has 25 heavy (non-hydrogen) atoms. The second kappa shape index (κ2) is 6.90. The Morgan fingerprint density at radius 2 is 2.00 bits per heavy atom. The normalized spacial score (nSPS) is 20.6. The summed E-state index contributed by atoms with van der Waals surface area (Å²) in [7, 11) is 0. The Labute approximate surface area is 151 Å². The number of nitrogens with zero attached hydrogens (tertiary/aromatic N) is 4. The lowest BCUT2D eigenvalue weighted by Gasteiger charge is -2.37. The fourth-order valence-corrected chi connectivity index (χ4v) is 3.83. The minimum absolute atomic E-state index is 0.0784. The Bertz CT molecular complexity index is 838. The molecular formula is C19H20N4OS. The number of hydrogen-bond donors (Lipinski definition) is 0. The van der Waals surface area contributed by atoms with Crippen molar-refractivity contribution in [2.75, 3.05) is 18.0 Å². The van der Waals surface area contributed by atoms with E-state index in [-0.39, 0.29) is 12.2 Å². The van der Waals surface area contributed by atoms with Gasteiger partial charge in [0.1, 0.15) is 11.9 Å². The lowest BCUT2D eigenvalue weighted by Crippen LogP contribution is -2.43. The van der Waals surface area contributed by atoms with Crippen molar-refractivity contribution < 1.29 is 4.74 Å². The van der Waals surface area contributed by atoms with Gasteiger partial charge in [0, 0.05) is 42.8 Å². The van der Waals surface area contributed by atoms with Gasteiger partial charge in [-0.3, -0.25) is 4.98 Å². The Balaban J connectivity index is 1.65. The van der Waals surface area contributed by atoms with Crippen LogP contribution in [0.15, 0.2) is 47.4 Å². The lowest BCUT2D eigenvalue weighted by molar-refractivity contribution is -0.0174. The van der Waals surface area contributed by atoms with Crippen molar-refractivity contribution in [1.82, 2.24) is 15.0 Å². The largest absolute Gasteiger partial charge is 0.367 e. The van der Waals surface area contributed by atoms with E-state index in [4.69, 9.17) is 9.72 Å². The summed E-state index contributed by atoms with van der Waals surface area (Å²) in [5.41, 5.74) is 3.18. The van der Waals surface area contributed by atoms with Crippen LogP contribution in [-0.4, -0.2) is 34.1 Å². The molecule has 0 radical (unpaired) electrons. The maximum atomic E-state index is 6.14. The smallest absolute Gasteiger partial charge is 0.161 e. The van der Waals surface area contributed by atoms with E-state index in [9.17, 15) is 0 Å². The fraction of sp³-hybridized carbons (Fsp3) is 0.316. The Hall–Kier alpha value is -2.31. The highest BCUT2D eigenvalue weighted by Crippen LogP contribution is 2.30. The summed E-state index contributed by atoms with van der Waals surface area (Å²) in [4.78, 5) is 15.8. The van der Waals surface area contributed by atoms with Crippen LogP contribution < -0.4 is 4.90 Å². The maximum absolute atomic E-state index is 6.14. The van der Waals surface area contributed by atoms with Crippen molar-refractivity contribution in [2.45, 2.75) is 26.1 Å². The average Bonchev–Trinajstić information content (AvgIpc) is 3.16. The molecule has 5 nitrogen and oxygen atoms in total. The van der Waals surface area contributed by atoms with E-state index in [1.807, 2.05) is 25.1 Å². The van der Waals surface area contributed by atoms with Gasteiger partial charge in [0.15, 0.2) is 5.82 Å². The van der Waals surface area contributed by atoms with E-state index in [1.165, 1.54) is 5.56 Å². The molecule has 0 spiro atoms. The minimum Gasteiger partial charge on any atom is -0.367 e. The maximum Gasteiger partial charge on any atom is 0.161 e. The van der Waals surface area contributed by atoms with Gasteiger partial charge < -0.3 is 9.64 Å². The molecule has 0 aliphatic carbocycles. The molecule has 4 heterocycles. The van der Waals surface area contributed by atoms with Crippen LogP contribution in [0.3, 0.4) is 0 Å². The summed E-state index contributed by atoms with van der Waals surface area (Å²) in [6.45, 7) is 5.75. The molecule has 128 valence electrons. The van der Waals surface area contributed by atoms with Crippen molar-refractivity contribution >= 4 is 17.2 Å². The average molecular weight is 352 g/mol. The summed E-state index contributed by atoms with van der Waals surface area (Å²) < 4.78 is 6.14. The Morgan fingerprint density at radius 1 is 1.16 bits per heavy atom. The number of aryl methyl sites for hydroxylation is 1. The first kappa shape index (κ1) is 16.2. The number of ether oxygens (including phenoxy) is 1. The van der Waals surface area contributed by atoms with E-state index in [0.717, 1.165) is 36.0 Å². The molecule has 0 aromatic carbocycles. The van der Waals surface area contributed by atoms with Crippen molar-refractivity contribution in [1.29, 1.82) is 0 Å². The molecule has 0 N–H and O–H groups in total. The second-order valence-electron chi connectivity index (χ2n) is 6.32. The zero-order chi connectivity index (χ0) is 17.2. The molecule has 2 atom stereocenters. The molecule has 0 amide bonds. The third kappa shape index (κ3) is 3.55. The number of hydrogen-bond acceptors (Lipinski definition) is 6. The third-order valence-electron chi connectivity index (χ3n) is 4.28. The van der Waals surface area contributed by atoms with Gasteiger partial charge in [-0.1, -0.05) is 0 Å². The highest BCUT2D eigenvalue weighted by atomic mass is 32.1. The number of rotatable bonds is 3. The summed E-state index contributed by atoms with van der Waals surface area (Å²) in [6, 6.07) is 8.07. The molecule has 1 fully saturated rings. The van der Waals surface area contributed by atoms with Crippen LogP contribution in [0.1, 0.15) is 24.3 Å². The molecule has 3 aromatic rings. The monoisotopic (exact) mass is 352 g/mol. The molecule has 4 rings (SSSR count). The minimum atomic E-state index is 0.0784. The van der Waals surface area contributed by atoms with Crippen LogP contribution in [0.2, 0.25) is 0 Å². The molecule has 0 bridgehead atoms. The summed E-state index contributed by atoms with van der Waals surface area (Å²) >= 11 is 1.70. The van der Waals surface area contributed by atoms with Crippen LogP contribution in [0.5, 0.6) is 0 Å². The molecule has 1 saturated heterocycles. The number of aromatic nitrogens is 3. The van der Waals surface area contributed by atoms with Gasteiger partial charge in [-0.15, -0.1) is 0 Å². The Kier molecular flexibility index (Phi) is 4.46. The second-order valence-corrected chi connectivity index (χ2v) is 7.10. The first-order valence-electron chi connectivity index (χ1n) is 8.37. The van der Waals surface area contributed by atoms with Gasteiger partial charge in [-0.2, -0.15) is 11.3 Å². The lowest BCUT2D eigenvalue weighted by atomic mass is 10.1. The number of pyridine rings is 1. The quantitative estimate of drug-likeness (QED) is 0.716. The van der Waals surface area contributed by atoms with E-state index in [0.29, 0.717) is 0 Å². The van der Waals surface area contributed by atoms with Crippen molar-refractivity contribution in [3.05, 3.63) is 58.7 Å². The van der Waals surface area contributed by atoms with Gasteiger partial charge in [0.25, 0.3) is 0 Å². The first-order valence-corrected chi connectivity index (χ1v) is 9.32. The van der Waals surface area contributed by atoms with Gasteiger partial charge in [0.2, 0.25) is 0 Å². The molecule has 0 saturated carbocycles. The van der Waals surface area contributed by atoms with Crippen molar-refractivity contribution in [3.63, 3.8) is 0 Å². The number of morpholine rings is 1. The molecule has 3 aromatic heterocycles. The van der Waals surface area contributed by atoms with Gasteiger partial charge in [-0.05, 0) is 48.4 Å². The zero-order valence-corrected chi connectivity index (χ0v) is 15.1. The van der Waals surface area contributed by atoms with Crippen LogP contribution in [-0.2, 0) is 4.74 Å². The predicted molar refractivity (Wildman–Crippen MR) is 99.8 cm³/mol. The van der Waals surface area contributed by atoms with E-state index >= 15 is 0 Å². The zero-order valence-electron chi connectivity index (χ0n) is 14.3. The molecule has 1 aliphatic heterocycles. The van der Waals surface area contributed by atoms with Crippen LogP contribution >= 0.6 is 11.3 Å². The van der Waals surface area contributed by atoms with Crippen molar-refractivity contribution in [3.8, 4) is 11.4 Å². The number of thiophene rings is 1. The van der Waals surface area contributed by atoms with Crippen LogP contribution in [0.25, 0.3) is 11.4 Å². The van der Waals surface area contributed by atoms with E-state index in [2.05, 4.69) is 38.6 Å². The summed E-state index contributed by atoms with van der Waals surface area (Å²) in [6.07, 6.45) is 3.77. The highest BCUT2D eigenvalue weighted by Gasteiger charge is 2.28. The van der Waals surface area contributed by atoms with Gasteiger partial charge in [0.05, 0.1) is 6.10 Å². The van der Waals surface area contributed by atoms with E-state index < -0.39 is 0 Å². The summed E-state index contributed by atoms with van der Waals surface area (Å²) in [5.74, 6) is 1.69. The predicted octanol–water partition coefficient (Wildman–Crippen LogP) is 3.87. The molecule has 6 heteroatoms. The molecule has 0 unspecified atom stereocenters. The fourth-order valence-electron chi connectivity index (χ4n) is 3.12.